The van der Waals surface area contributed by atoms with Gasteiger partial charge in [-0.25, -0.2) is 0 Å². The second-order valence-electron chi connectivity index (χ2n) is 8.11. The van der Waals surface area contributed by atoms with E-state index in [9.17, 15) is 19.0 Å². The maximum Gasteiger partial charge on any atom is 0.268 e. The fourth-order valence-electron chi connectivity index (χ4n) is 2.45. The van der Waals surface area contributed by atoms with E-state index in [4.69, 9.17) is 14.9 Å². The van der Waals surface area contributed by atoms with Crippen molar-refractivity contribution >= 4 is 19.6 Å². The van der Waals surface area contributed by atoms with Crippen LogP contribution in [0.25, 0.3) is 0 Å². The second-order valence-corrected chi connectivity index (χ2v) is 9.52. The highest BCUT2D eigenvalue weighted by Gasteiger charge is 2.27. The first kappa shape index (κ1) is 28.2. The van der Waals surface area contributed by atoms with E-state index in [2.05, 4.69) is 9.05 Å². The molecule has 2 amide bonds. The quantitative estimate of drug-likeness (QED) is 0.271. The molecule has 0 saturated carbocycles. The minimum Gasteiger partial charge on any atom is -0.756 e. The van der Waals surface area contributed by atoms with Gasteiger partial charge in [0.05, 0.1) is 41.5 Å². The van der Waals surface area contributed by atoms with Crippen molar-refractivity contribution in [3.8, 4) is 5.75 Å². The van der Waals surface area contributed by atoms with Gasteiger partial charge in [0, 0.05) is 18.5 Å². The zero-order valence-corrected chi connectivity index (χ0v) is 19.8. The summed E-state index contributed by atoms with van der Waals surface area (Å²) in [5.74, 6) is 0.398. The number of amides is 2. The Bertz CT molecular complexity index is 780. The lowest BCUT2D eigenvalue weighted by Gasteiger charge is -2.27. The molecule has 1 aromatic rings. The summed E-state index contributed by atoms with van der Waals surface area (Å²) in [7, 11) is 2.89. The summed E-state index contributed by atoms with van der Waals surface area (Å²) in [6, 6.07) is 6.78. The van der Waals surface area contributed by atoms with Gasteiger partial charge < -0.3 is 33.4 Å². The van der Waals surface area contributed by atoms with Crippen LogP contribution in [0.2, 0.25) is 0 Å². The number of aliphatic hydroxyl groups excluding tert-OH is 2. The molecule has 1 aliphatic rings. The first-order valence-corrected chi connectivity index (χ1v) is 11.5. The van der Waals surface area contributed by atoms with Gasteiger partial charge in [-0.3, -0.25) is 19.1 Å². The predicted octanol–water partition coefficient (Wildman–Crippen LogP) is 0.00520. The minimum absolute atomic E-state index is 0.0134. The van der Waals surface area contributed by atoms with E-state index in [1.807, 2.05) is 21.1 Å². The van der Waals surface area contributed by atoms with E-state index in [-0.39, 0.29) is 18.4 Å². The van der Waals surface area contributed by atoms with E-state index in [0.717, 1.165) is 6.42 Å². The van der Waals surface area contributed by atoms with Crippen molar-refractivity contribution in [2.75, 3.05) is 61.2 Å². The Morgan fingerprint density at radius 2 is 1.88 bits per heavy atom. The van der Waals surface area contributed by atoms with Crippen LogP contribution < -0.4 is 9.63 Å². The van der Waals surface area contributed by atoms with Crippen molar-refractivity contribution in [3.63, 3.8) is 0 Å². The topological polar surface area (TPSA) is 146 Å². The van der Waals surface area contributed by atoms with E-state index in [0.29, 0.717) is 35.3 Å². The Morgan fingerprint density at radius 3 is 2.34 bits per heavy atom. The van der Waals surface area contributed by atoms with Crippen molar-refractivity contribution in [1.29, 1.82) is 0 Å². The Kier molecular flexibility index (Phi) is 11.5. The molecule has 12 heteroatoms. The number of phosphoric acid groups is 1. The average Bonchev–Trinajstić information content (AvgIpc) is 3.16. The van der Waals surface area contributed by atoms with Crippen molar-refractivity contribution in [1.82, 2.24) is 4.90 Å². The standard InChI is InChI=1S/C12H13NO3.C8H20NO6P/c1-16-10-6-4-9(5-7-10)12(15)13-8-2-3-11(13)14;1-9(2,3)4-5-14-16(12,13)15-7-8(11)6-10/h4-7H,2-3,8H2,1H3;8,10-11H,4-7H2,1-3H3/t;8-/m.1/s1. The average molecular weight is 476 g/mol. The van der Waals surface area contributed by atoms with Gasteiger partial charge in [0.15, 0.2) is 0 Å². The molecule has 1 aromatic carbocycles. The van der Waals surface area contributed by atoms with E-state index in [1.165, 1.54) is 4.90 Å². The first-order valence-electron chi connectivity index (χ1n) is 10.1. The van der Waals surface area contributed by atoms with Crippen LogP contribution in [0.15, 0.2) is 24.3 Å². The van der Waals surface area contributed by atoms with Gasteiger partial charge in [0.25, 0.3) is 13.7 Å². The Hall–Kier alpha value is -1.85. The first-order chi connectivity index (χ1) is 14.9. The van der Waals surface area contributed by atoms with Crippen LogP contribution in [0.5, 0.6) is 5.75 Å². The number of likely N-dealkylation sites (N-methyl/N-ethyl adjacent to an activating group) is 1. The third-order valence-electron chi connectivity index (χ3n) is 4.30. The van der Waals surface area contributed by atoms with Gasteiger partial charge >= 0.3 is 0 Å². The van der Waals surface area contributed by atoms with Gasteiger partial charge in [-0.15, -0.1) is 0 Å². The summed E-state index contributed by atoms with van der Waals surface area (Å²) in [6.07, 6.45) is 0.0204. The summed E-state index contributed by atoms with van der Waals surface area (Å²) in [6.45, 7) is 0.00186. The van der Waals surface area contributed by atoms with Gasteiger partial charge in [-0.05, 0) is 30.7 Å². The molecule has 0 bridgehead atoms. The van der Waals surface area contributed by atoms with Crippen LogP contribution in [-0.4, -0.2) is 98.7 Å². The number of likely N-dealkylation sites (tertiary alicyclic amines) is 1. The maximum absolute atomic E-state index is 11.9. The number of carbonyl (C=O) groups excluding carboxylic acids is 2. The normalized spacial score (nSPS) is 16.7. The number of imide groups is 1. The third kappa shape index (κ3) is 10.6. The number of ether oxygens (including phenoxy) is 1. The minimum atomic E-state index is -4.38. The summed E-state index contributed by atoms with van der Waals surface area (Å²) < 4.78 is 25.6. The summed E-state index contributed by atoms with van der Waals surface area (Å²) in [5.41, 5.74) is 0.524. The lowest BCUT2D eigenvalue weighted by Crippen LogP contribution is -2.37. The highest BCUT2D eigenvalue weighted by atomic mass is 31.2. The van der Waals surface area contributed by atoms with Gasteiger partial charge in [0.1, 0.15) is 25.0 Å². The summed E-state index contributed by atoms with van der Waals surface area (Å²) in [4.78, 5) is 35.7. The molecule has 1 heterocycles. The molecular weight excluding hydrogens is 443 g/mol. The van der Waals surface area contributed by atoms with Crippen LogP contribution in [0, 0.1) is 0 Å². The van der Waals surface area contributed by atoms with Gasteiger partial charge in [-0.2, -0.15) is 0 Å². The molecular formula is C20H33N2O9P. The highest BCUT2D eigenvalue weighted by Crippen LogP contribution is 2.38. The Morgan fingerprint density at radius 1 is 1.25 bits per heavy atom. The van der Waals surface area contributed by atoms with E-state index < -0.39 is 27.1 Å². The molecule has 182 valence electrons. The predicted molar refractivity (Wildman–Crippen MR) is 114 cm³/mol. The van der Waals surface area contributed by atoms with Crippen LogP contribution in [0.1, 0.15) is 23.2 Å². The number of methoxy groups -OCH3 is 1. The Labute approximate surface area is 188 Å². The highest BCUT2D eigenvalue weighted by molar-refractivity contribution is 7.45. The zero-order chi connectivity index (χ0) is 24.4. The zero-order valence-electron chi connectivity index (χ0n) is 18.9. The fourth-order valence-corrected chi connectivity index (χ4v) is 3.18. The van der Waals surface area contributed by atoms with Crippen molar-refractivity contribution in [2.24, 2.45) is 0 Å². The van der Waals surface area contributed by atoms with Crippen LogP contribution in [0.3, 0.4) is 0 Å². The molecule has 2 N–H and O–H groups in total. The number of benzene rings is 1. The number of nitrogens with zero attached hydrogens (tertiary/aromatic N) is 2. The van der Waals surface area contributed by atoms with E-state index >= 15 is 0 Å². The van der Waals surface area contributed by atoms with Crippen molar-refractivity contribution < 1.29 is 47.5 Å². The molecule has 0 radical (unpaired) electrons. The number of phosphoric ester groups is 1. The van der Waals surface area contributed by atoms with Crippen LogP contribution >= 0.6 is 7.82 Å². The molecule has 1 saturated heterocycles. The monoisotopic (exact) mass is 476 g/mol. The number of quaternary nitrogens is 1. The van der Waals surface area contributed by atoms with E-state index in [1.54, 1.807) is 31.4 Å². The molecule has 32 heavy (non-hydrogen) atoms. The summed E-state index contributed by atoms with van der Waals surface area (Å²) >= 11 is 0. The van der Waals surface area contributed by atoms with Crippen molar-refractivity contribution in [3.05, 3.63) is 29.8 Å². The van der Waals surface area contributed by atoms with Gasteiger partial charge in [0.2, 0.25) is 5.91 Å². The smallest absolute Gasteiger partial charge is 0.268 e. The molecule has 0 aromatic heterocycles. The number of carbonyl (C=O) groups is 2. The molecule has 1 unspecified atom stereocenters. The number of hydrogen-bond acceptors (Lipinski definition) is 9. The SMILES string of the molecule is COc1ccc(C(=O)N2CCCC2=O)cc1.C[N+](C)(C)CCOP(=O)([O-])OC[C@H](O)CO. The molecule has 2 atom stereocenters. The molecule has 1 fully saturated rings. The van der Waals surface area contributed by atoms with Crippen LogP contribution in [-0.2, 0) is 18.4 Å². The van der Waals surface area contributed by atoms with Gasteiger partial charge in [-0.1, -0.05) is 0 Å². The van der Waals surface area contributed by atoms with Crippen LogP contribution in [0.4, 0.5) is 0 Å². The third-order valence-corrected chi connectivity index (χ3v) is 5.27. The Balaban J connectivity index is 0.000000320. The maximum atomic E-state index is 11.9. The molecule has 0 spiro atoms. The number of rotatable bonds is 10. The lowest BCUT2D eigenvalue weighted by molar-refractivity contribution is -0.870. The molecule has 0 aliphatic carbocycles. The second kappa shape index (κ2) is 13.0. The number of aliphatic hydroxyl groups is 2. The largest absolute Gasteiger partial charge is 0.756 e. The molecule has 11 nitrogen and oxygen atoms in total. The fraction of sp³-hybridized carbons (Fsp3) is 0.600. The number of hydrogen-bond donors (Lipinski definition) is 2. The van der Waals surface area contributed by atoms with Crippen molar-refractivity contribution in [2.45, 2.75) is 18.9 Å². The lowest BCUT2D eigenvalue weighted by atomic mass is 10.2. The summed E-state index contributed by atoms with van der Waals surface area (Å²) in [5, 5.41) is 17.3. The molecule has 2 rings (SSSR count). The molecule has 1 aliphatic heterocycles.